The van der Waals surface area contributed by atoms with Crippen LogP contribution in [0.1, 0.15) is 10.4 Å². The van der Waals surface area contributed by atoms with Gasteiger partial charge in [-0.25, -0.2) is 15.4 Å². The van der Waals surface area contributed by atoms with Crippen LogP contribution in [0.2, 0.25) is 0 Å². The van der Waals surface area contributed by atoms with Crippen LogP contribution < -0.4 is 20.6 Å². The van der Waals surface area contributed by atoms with Gasteiger partial charge in [-0.2, -0.15) is 0 Å². The molecule has 15 nitrogen and oxygen atoms in total. The van der Waals surface area contributed by atoms with Crippen LogP contribution in [0.5, 0.6) is 0 Å². The van der Waals surface area contributed by atoms with Crippen LogP contribution in [-0.2, 0) is 9.53 Å². The molecule has 2 aromatic rings. The monoisotopic (exact) mass is 610 g/mol. The van der Waals surface area contributed by atoms with Crippen molar-refractivity contribution in [2.45, 2.75) is 0 Å². The Morgan fingerprint density at radius 1 is 1.20 bits per heavy atom. The summed E-state index contributed by atoms with van der Waals surface area (Å²) in [6.07, 6.45) is 3.49. The lowest BCUT2D eigenvalue weighted by Gasteiger charge is -2.31. The van der Waals surface area contributed by atoms with Crippen LogP contribution in [0, 0.1) is 0 Å². The fraction of sp³-hybridized carbons (Fsp3) is 0.414. The van der Waals surface area contributed by atoms with E-state index in [-0.39, 0.29) is 19.1 Å². The number of nitrogens with one attached hydrogen (secondary N) is 2. The summed E-state index contributed by atoms with van der Waals surface area (Å²) in [7, 11) is 5.27. The molecule has 0 aliphatic carbocycles. The van der Waals surface area contributed by atoms with Crippen LogP contribution >= 0.6 is 0 Å². The highest BCUT2D eigenvalue weighted by Crippen LogP contribution is 2.37. The normalized spacial score (nSPS) is 13.3. The van der Waals surface area contributed by atoms with Gasteiger partial charge in [0.25, 0.3) is 5.91 Å². The van der Waals surface area contributed by atoms with Crippen LogP contribution in [0.15, 0.2) is 51.0 Å². The molecule has 1 aromatic carbocycles. The van der Waals surface area contributed by atoms with Crippen molar-refractivity contribution < 1.29 is 24.6 Å². The molecule has 4 N–H and O–H groups in total. The quantitative estimate of drug-likeness (QED) is 0.0970. The first-order chi connectivity index (χ1) is 21.3. The Hall–Kier alpha value is -4.41. The largest absolute Gasteiger partial charge is 0.395 e. The van der Waals surface area contributed by atoms with E-state index in [1.165, 1.54) is 19.5 Å². The zero-order valence-corrected chi connectivity index (χ0v) is 25.5. The number of aliphatic imine (C=N–C) groups is 3. The SMILES string of the molecule is C=N/C=C(C=O)\C=N/CN(C)CCN(C)c1nc(-c2cccc(C(=O)NCCO)c2)nc(N2CCOCC2)c1N=C.CNO. The second-order valence-corrected chi connectivity index (χ2v) is 9.47. The van der Waals surface area contributed by atoms with Gasteiger partial charge in [-0.3, -0.25) is 29.5 Å². The molecule has 0 atom stereocenters. The molecule has 15 heteroatoms. The van der Waals surface area contributed by atoms with Gasteiger partial charge < -0.3 is 30.2 Å². The van der Waals surface area contributed by atoms with E-state index in [2.05, 4.69) is 38.6 Å². The van der Waals surface area contributed by atoms with E-state index in [9.17, 15) is 9.59 Å². The third-order valence-electron chi connectivity index (χ3n) is 6.21. The van der Waals surface area contributed by atoms with E-state index in [4.69, 9.17) is 25.0 Å². The van der Waals surface area contributed by atoms with E-state index in [0.29, 0.717) is 92.2 Å². The molecule has 0 radical (unpaired) electrons. The van der Waals surface area contributed by atoms with Gasteiger partial charge in [0, 0.05) is 70.4 Å². The molecule has 238 valence electrons. The maximum atomic E-state index is 12.5. The number of carbonyl (C=O) groups is 2. The number of hydrogen-bond donors (Lipinski definition) is 4. The first-order valence-corrected chi connectivity index (χ1v) is 13.9. The minimum atomic E-state index is -0.293. The Kier molecular flexibility index (Phi) is 16.0. The molecule has 1 saturated heterocycles. The fourth-order valence-corrected chi connectivity index (χ4v) is 4.02. The van der Waals surface area contributed by atoms with Crippen LogP contribution in [0.3, 0.4) is 0 Å². The van der Waals surface area contributed by atoms with Crippen molar-refractivity contribution in [3.63, 3.8) is 0 Å². The highest BCUT2D eigenvalue weighted by atomic mass is 16.5. The van der Waals surface area contributed by atoms with Gasteiger partial charge >= 0.3 is 0 Å². The summed E-state index contributed by atoms with van der Waals surface area (Å²) in [6.45, 7) is 11.2. The lowest BCUT2D eigenvalue weighted by molar-refractivity contribution is -0.104. The summed E-state index contributed by atoms with van der Waals surface area (Å²) in [5.41, 5.74) is 3.76. The number of ether oxygens (including phenoxy) is 1. The summed E-state index contributed by atoms with van der Waals surface area (Å²) in [4.78, 5) is 51.6. The number of hydrogen-bond acceptors (Lipinski definition) is 14. The number of amides is 1. The molecule has 1 fully saturated rings. The van der Waals surface area contributed by atoms with Crippen molar-refractivity contribution in [3.05, 3.63) is 41.6 Å². The standard InChI is InChI=1S/C28H37N9O4.CH5NO/c1-29-17-21(19-39)18-31-20-35(3)9-10-36(4)26-24(30-2)27(37-11-14-41-15-12-37)34-25(33-26)22-6-5-7-23(16-22)28(40)32-8-13-38;1-2-3/h5-7,16-19,38H,1-2,8-15,20H2,3-4H3,(H,32,40);2-3H,1H3/b21-17+,31-18-;. The van der Waals surface area contributed by atoms with Gasteiger partial charge in [0.1, 0.15) is 5.69 Å². The van der Waals surface area contributed by atoms with Gasteiger partial charge in [-0.1, -0.05) is 12.1 Å². The number of aliphatic hydroxyl groups excluding tert-OH is 1. The molecule has 0 unspecified atom stereocenters. The van der Waals surface area contributed by atoms with Crippen molar-refractivity contribution in [1.29, 1.82) is 0 Å². The van der Waals surface area contributed by atoms with Gasteiger partial charge in [0.15, 0.2) is 23.7 Å². The zero-order chi connectivity index (χ0) is 32.3. The summed E-state index contributed by atoms with van der Waals surface area (Å²) in [5, 5.41) is 19.0. The Balaban J connectivity index is 0.00000216. The Bertz CT molecular complexity index is 1300. The van der Waals surface area contributed by atoms with Crippen molar-refractivity contribution in [2.24, 2.45) is 15.0 Å². The summed E-state index contributed by atoms with van der Waals surface area (Å²) in [5.74, 6) is 1.40. The predicted molar refractivity (Wildman–Crippen MR) is 173 cm³/mol. The molecule has 1 aromatic heterocycles. The number of nitrogens with zero attached hydrogens (tertiary/aromatic N) is 8. The van der Waals surface area contributed by atoms with E-state index in [0.717, 1.165) is 0 Å². The maximum Gasteiger partial charge on any atom is 0.251 e. The average molecular weight is 611 g/mol. The molecule has 1 aliphatic heterocycles. The van der Waals surface area contributed by atoms with Crippen LogP contribution in [0.25, 0.3) is 11.4 Å². The van der Waals surface area contributed by atoms with Crippen molar-refractivity contribution >= 4 is 49.2 Å². The summed E-state index contributed by atoms with van der Waals surface area (Å²) >= 11 is 0. The first-order valence-electron chi connectivity index (χ1n) is 13.9. The average Bonchev–Trinajstić information content (AvgIpc) is 3.05. The van der Waals surface area contributed by atoms with Crippen molar-refractivity contribution in [3.8, 4) is 11.4 Å². The molecule has 0 bridgehead atoms. The number of morpholine rings is 1. The molecule has 0 saturated carbocycles. The molecule has 1 aliphatic rings. The van der Waals surface area contributed by atoms with E-state index in [1.54, 1.807) is 23.7 Å². The van der Waals surface area contributed by atoms with E-state index in [1.807, 2.05) is 30.0 Å². The highest BCUT2D eigenvalue weighted by molar-refractivity contribution is 6.01. The zero-order valence-electron chi connectivity index (χ0n) is 25.5. The smallest absolute Gasteiger partial charge is 0.251 e. The number of carbonyl (C=O) groups excluding carboxylic acids is 2. The van der Waals surface area contributed by atoms with Crippen LogP contribution in [0.4, 0.5) is 17.3 Å². The molecule has 3 rings (SSSR count). The number of aliphatic hydroxyl groups is 1. The predicted octanol–water partition coefficient (Wildman–Crippen LogP) is 0.809. The Morgan fingerprint density at radius 2 is 1.93 bits per heavy atom. The molecule has 2 heterocycles. The van der Waals surface area contributed by atoms with Gasteiger partial charge in [0.05, 0.1) is 32.1 Å². The maximum absolute atomic E-state index is 12.5. The minimum absolute atomic E-state index is 0.145. The number of anilines is 2. The van der Waals surface area contributed by atoms with Gasteiger partial charge in [-0.05, 0) is 32.6 Å². The van der Waals surface area contributed by atoms with Gasteiger partial charge in [-0.15, -0.1) is 0 Å². The van der Waals surface area contributed by atoms with E-state index >= 15 is 0 Å². The highest BCUT2D eigenvalue weighted by Gasteiger charge is 2.24. The number of rotatable bonds is 15. The minimum Gasteiger partial charge on any atom is -0.395 e. The second-order valence-electron chi connectivity index (χ2n) is 9.47. The lowest BCUT2D eigenvalue weighted by atomic mass is 10.1. The Labute approximate surface area is 257 Å². The number of likely N-dealkylation sites (N-methyl/N-ethyl adjacent to an activating group) is 2. The first kappa shape index (κ1) is 35.8. The van der Waals surface area contributed by atoms with Crippen molar-refractivity contribution in [1.82, 2.24) is 25.7 Å². The number of allylic oxidation sites excluding steroid dienone is 1. The number of aromatic nitrogens is 2. The van der Waals surface area contributed by atoms with Gasteiger partial charge in [0.2, 0.25) is 0 Å². The second kappa shape index (κ2) is 19.7. The fourth-order valence-electron chi connectivity index (χ4n) is 4.02. The third-order valence-corrected chi connectivity index (χ3v) is 6.21. The molecule has 0 spiro atoms. The summed E-state index contributed by atoms with van der Waals surface area (Å²) < 4.78 is 5.54. The molecule has 44 heavy (non-hydrogen) atoms. The lowest BCUT2D eigenvalue weighted by Crippen LogP contribution is -2.37. The third kappa shape index (κ3) is 11.0. The number of aldehydes is 1. The Morgan fingerprint density at radius 3 is 2.57 bits per heavy atom. The van der Waals surface area contributed by atoms with Crippen LogP contribution in [-0.4, -0.2) is 137 Å². The molecule has 1 amide bonds. The molecular weight excluding hydrogens is 568 g/mol. The topological polar surface area (TPSA) is 180 Å². The number of hydroxylamine groups is 1. The van der Waals surface area contributed by atoms with Crippen molar-refractivity contribution in [2.75, 3.05) is 90.2 Å². The number of benzene rings is 1. The van der Waals surface area contributed by atoms with E-state index < -0.39 is 0 Å². The molecular formula is C29H42N10O5. The summed E-state index contributed by atoms with van der Waals surface area (Å²) in [6, 6.07) is 7.05.